The lowest BCUT2D eigenvalue weighted by Crippen LogP contribution is -2.27. The van der Waals surface area contributed by atoms with E-state index >= 15 is 0 Å². The van der Waals surface area contributed by atoms with Gasteiger partial charge in [0.1, 0.15) is 11.5 Å². The van der Waals surface area contributed by atoms with Crippen LogP contribution in [0.2, 0.25) is 0 Å². The highest BCUT2D eigenvalue weighted by molar-refractivity contribution is 6.01. The largest absolute Gasteiger partial charge is 0.433 e. The minimum Gasteiger partial charge on any atom is -0.409 e. The number of amidine groups is 1. The minimum atomic E-state index is -4.60. The summed E-state index contributed by atoms with van der Waals surface area (Å²) in [5.41, 5.74) is 4.33. The molecule has 1 aromatic heterocycles. The van der Waals surface area contributed by atoms with Crippen LogP contribution in [-0.4, -0.2) is 41.3 Å². The number of pyridine rings is 1. The third-order valence-electron chi connectivity index (χ3n) is 2.35. The Morgan fingerprint density at radius 2 is 2.11 bits per heavy atom. The van der Waals surface area contributed by atoms with Crippen LogP contribution in [0.5, 0.6) is 0 Å². The molecule has 0 aliphatic rings. The average Bonchev–Trinajstić information content (AvgIpc) is 2.36. The van der Waals surface area contributed by atoms with Crippen molar-refractivity contribution in [1.29, 1.82) is 0 Å². The number of aromatic nitrogens is 1. The van der Waals surface area contributed by atoms with Gasteiger partial charge in [-0.25, -0.2) is 4.98 Å². The molecule has 0 aliphatic carbocycles. The highest BCUT2D eigenvalue weighted by Gasteiger charge is 2.33. The van der Waals surface area contributed by atoms with Crippen molar-refractivity contribution < 1.29 is 23.5 Å². The van der Waals surface area contributed by atoms with Crippen LogP contribution in [0.3, 0.4) is 0 Å². The highest BCUT2D eigenvalue weighted by Crippen LogP contribution is 2.30. The van der Waals surface area contributed by atoms with Crippen molar-refractivity contribution >= 4 is 11.7 Å². The van der Waals surface area contributed by atoms with Crippen LogP contribution in [0.4, 0.5) is 19.0 Å². The van der Waals surface area contributed by atoms with Crippen LogP contribution in [0.1, 0.15) is 11.3 Å². The first-order chi connectivity index (χ1) is 8.81. The van der Waals surface area contributed by atoms with Gasteiger partial charge in [-0.1, -0.05) is 5.16 Å². The molecule has 19 heavy (non-hydrogen) atoms. The molecule has 0 aliphatic heterocycles. The first-order valence-electron chi connectivity index (χ1n) is 5.19. The molecule has 0 spiro atoms. The lowest BCUT2D eigenvalue weighted by molar-refractivity contribution is -0.141. The molecule has 106 valence electrons. The number of anilines is 1. The Morgan fingerprint density at radius 3 is 2.58 bits per heavy atom. The van der Waals surface area contributed by atoms with Crippen molar-refractivity contribution in [2.45, 2.75) is 6.18 Å². The predicted molar refractivity (Wildman–Crippen MR) is 62.1 cm³/mol. The SMILES string of the molecule is CN(CCO)c1nc(C(F)(F)F)ccc1C(N)=NO. The third kappa shape index (κ3) is 3.47. The Labute approximate surface area is 107 Å². The van der Waals surface area contributed by atoms with E-state index in [9.17, 15) is 13.2 Å². The lowest BCUT2D eigenvalue weighted by atomic mass is 10.2. The molecular formula is C10H13F3N4O2. The number of hydrogen-bond donors (Lipinski definition) is 3. The summed E-state index contributed by atoms with van der Waals surface area (Å²) >= 11 is 0. The number of rotatable bonds is 4. The Kier molecular flexibility index (Phi) is 4.54. The van der Waals surface area contributed by atoms with Crippen LogP contribution >= 0.6 is 0 Å². The van der Waals surface area contributed by atoms with E-state index < -0.39 is 11.9 Å². The molecule has 0 radical (unpaired) electrons. The second-order valence-electron chi connectivity index (χ2n) is 3.70. The molecule has 0 amide bonds. The molecule has 0 saturated heterocycles. The molecule has 1 rings (SSSR count). The van der Waals surface area contributed by atoms with Gasteiger partial charge in [0.15, 0.2) is 5.84 Å². The highest BCUT2D eigenvalue weighted by atomic mass is 19.4. The van der Waals surface area contributed by atoms with Gasteiger partial charge < -0.3 is 20.9 Å². The fourth-order valence-corrected chi connectivity index (χ4v) is 1.41. The summed E-state index contributed by atoms with van der Waals surface area (Å²) in [5, 5.41) is 20.1. The average molecular weight is 278 g/mol. The first kappa shape index (κ1) is 15.0. The van der Waals surface area contributed by atoms with Crippen molar-refractivity contribution in [3.63, 3.8) is 0 Å². The van der Waals surface area contributed by atoms with Gasteiger partial charge in [0.25, 0.3) is 0 Å². The smallest absolute Gasteiger partial charge is 0.409 e. The van der Waals surface area contributed by atoms with Gasteiger partial charge in [-0.3, -0.25) is 0 Å². The Hall–Kier alpha value is -2.03. The number of alkyl halides is 3. The van der Waals surface area contributed by atoms with E-state index in [1.54, 1.807) is 0 Å². The quantitative estimate of drug-likeness (QED) is 0.325. The number of halogens is 3. The molecule has 1 aromatic rings. The summed E-state index contributed by atoms with van der Waals surface area (Å²) in [4.78, 5) is 4.73. The van der Waals surface area contributed by atoms with Gasteiger partial charge in [-0.15, -0.1) is 0 Å². The summed E-state index contributed by atoms with van der Waals surface area (Å²) in [6.45, 7) is -0.218. The summed E-state index contributed by atoms with van der Waals surface area (Å²) in [6, 6.07) is 1.80. The van der Waals surface area contributed by atoms with E-state index in [-0.39, 0.29) is 30.4 Å². The van der Waals surface area contributed by atoms with E-state index in [4.69, 9.17) is 16.0 Å². The molecule has 9 heteroatoms. The van der Waals surface area contributed by atoms with Crippen LogP contribution < -0.4 is 10.6 Å². The van der Waals surface area contributed by atoms with Crippen LogP contribution in [0.15, 0.2) is 17.3 Å². The van der Waals surface area contributed by atoms with Crippen LogP contribution in [0.25, 0.3) is 0 Å². The zero-order valence-corrected chi connectivity index (χ0v) is 10.0. The fraction of sp³-hybridized carbons (Fsp3) is 0.400. The molecule has 0 aromatic carbocycles. The molecule has 0 atom stereocenters. The number of hydrogen-bond acceptors (Lipinski definition) is 5. The maximum atomic E-state index is 12.6. The summed E-state index contributed by atoms with van der Waals surface area (Å²) in [6.07, 6.45) is -4.60. The monoisotopic (exact) mass is 278 g/mol. The molecule has 1 heterocycles. The van der Waals surface area contributed by atoms with Gasteiger partial charge >= 0.3 is 6.18 Å². The Bertz CT molecular complexity index is 476. The van der Waals surface area contributed by atoms with Gasteiger partial charge in [0, 0.05) is 13.6 Å². The number of aliphatic hydroxyl groups is 1. The first-order valence-corrected chi connectivity index (χ1v) is 5.19. The molecule has 0 unspecified atom stereocenters. The van der Waals surface area contributed by atoms with Crippen LogP contribution in [0, 0.1) is 0 Å². The fourth-order valence-electron chi connectivity index (χ4n) is 1.41. The van der Waals surface area contributed by atoms with Gasteiger partial charge in [0.2, 0.25) is 0 Å². The summed E-state index contributed by atoms with van der Waals surface area (Å²) in [7, 11) is 1.44. The minimum absolute atomic E-state index is 0.0476. The van der Waals surface area contributed by atoms with Gasteiger partial charge in [-0.2, -0.15) is 13.2 Å². The van der Waals surface area contributed by atoms with Crippen LogP contribution in [-0.2, 0) is 6.18 Å². The Balaban J connectivity index is 3.34. The molecular weight excluding hydrogens is 265 g/mol. The van der Waals surface area contributed by atoms with E-state index in [0.717, 1.165) is 12.1 Å². The van der Waals surface area contributed by atoms with Crippen molar-refractivity contribution in [2.75, 3.05) is 25.1 Å². The van der Waals surface area contributed by atoms with Crippen molar-refractivity contribution in [1.82, 2.24) is 4.98 Å². The van der Waals surface area contributed by atoms with E-state index in [1.807, 2.05) is 0 Å². The van der Waals surface area contributed by atoms with Gasteiger partial charge in [0.05, 0.1) is 12.2 Å². The zero-order chi connectivity index (χ0) is 14.6. The second-order valence-corrected chi connectivity index (χ2v) is 3.70. The predicted octanol–water partition coefficient (Wildman–Crippen LogP) is 0.623. The topological polar surface area (TPSA) is 95.0 Å². The molecule has 0 saturated carbocycles. The molecule has 0 bridgehead atoms. The van der Waals surface area contributed by atoms with Crippen molar-refractivity contribution in [2.24, 2.45) is 10.9 Å². The summed E-state index contributed by atoms with van der Waals surface area (Å²) < 4.78 is 37.8. The third-order valence-corrected chi connectivity index (χ3v) is 2.35. The van der Waals surface area contributed by atoms with Gasteiger partial charge in [-0.05, 0) is 12.1 Å². The number of nitrogens with two attached hydrogens (primary N) is 1. The standard InChI is InChI=1S/C10H13F3N4O2/c1-17(4-5-18)9-6(8(14)16-19)2-3-7(15-9)10(11,12)13/h2-3,18-19H,4-5H2,1H3,(H2,14,16). The van der Waals surface area contributed by atoms with E-state index in [2.05, 4.69) is 10.1 Å². The van der Waals surface area contributed by atoms with Crippen molar-refractivity contribution in [3.05, 3.63) is 23.4 Å². The van der Waals surface area contributed by atoms with E-state index in [0.29, 0.717) is 0 Å². The van der Waals surface area contributed by atoms with E-state index in [1.165, 1.54) is 11.9 Å². The normalized spacial score (nSPS) is 12.6. The van der Waals surface area contributed by atoms with Crippen molar-refractivity contribution in [3.8, 4) is 0 Å². The number of likely N-dealkylation sites (N-methyl/N-ethyl adjacent to an activating group) is 1. The maximum absolute atomic E-state index is 12.6. The summed E-state index contributed by atoms with van der Waals surface area (Å²) in [5.74, 6) is -0.486. The molecule has 6 nitrogen and oxygen atoms in total. The number of nitrogens with zero attached hydrogens (tertiary/aromatic N) is 3. The number of aliphatic hydroxyl groups excluding tert-OH is 1. The molecule has 4 N–H and O–H groups in total. The molecule has 0 fully saturated rings. The lowest BCUT2D eigenvalue weighted by Gasteiger charge is -2.21. The zero-order valence-electron chi connectivity index (χ0n) is 10.0. The second kappa shape index (κ2) is 5.74. The maximum Gasteiger partial charge on any atom is 0.433 e. The number of oxime groups is 1. The Morgan fingerprint density at radius 1 is 1.47 bits per heavy atom.